The van der Waals surface area contributed by atoms with Gasteiger partial charge in [-0.3, -0.25) is 10.1 Å². The first-order valence-electron chi connectivity index (χ1n) is 9.52. The predicted molar refractivity (Wildman–Crippen MR) is 110 cm³/mol. The van der Waals surface area contributed by atoms with Crippen molar-refractivity contribution in [2.45, 2.75) is 19.3 Å². The highest BCUT2D eigenvalue weighted by molar-refractivity contribution is 7.19. The Hall–Kier alpha value is -2.45. The van der Waals surface area contributed by atoms with Gasteiger partial charge in [0, 0.05) is 12.7 Å². The number of benzene rings is 1. The molecule has 28 heavy (non-hydrogen) atoms. The van der Waals surface area contributed by atoms with Crippen LogP contribution in [0.3, 0.4) is 0 Å². The van der Waals surface area contributed by atoms with Gasteiger partial charge >= 0.3 is 12.0 Å². The molecule has 2 aromatic rings. The fraction of sp³-hybridized carbons (Fsp3) is 0.450. The third-order valence-corrected chi connectivity index (χ3v) is 5.81. The molecule has 0 aliphatic carbocycles. The summed E-state index contributed by atoms with van der Waals surface area (Å²) in [5.41, 5.74) is 1.09. The minimum atomic E-state index is -0.238. The van der Waals surface area contributed by atoms with Gasteiger partial charge in [0.05, 0.1) is 17.9 Å². The fourth-order valence-electron chi connectivity index (χ4n) is 3.27. The Bertz CT molecular complexity index is 773. The Morgan fingerprint density at radius 3 is 2.71 bits per heavy atom. The van der Waals surface area contributed by atoms with Gasteiger partial charge in [-0.15, -0.1) is 0 Å². The molecular weight excluding hydrogens is 376 g/mol. The molecule has 1 aliphatic heterocycles. The first-order valence-corrected chi connectivity index (χ1v) is 10.3. The standard InChI is InChI=1S/C20H26N4O3S/c1-27-18(25)16-8-12-24(13-9-16)11-5-10-21-19(26)23-20-22-14-17(28-20)15-6-3-2-4-7-15/h2-4,6-7,14,16H,5,8-13H2,1H3,(H2,21,22,23,26). The molecule has 1 fully saturated rings. The second-order valence-corrected chi connectivity index (χ2v) is 7.80. The Balaban J connectivity index is 1.32. The molecule has 7 nitrogen and oxygen atoms in total. The molecule has 0 saturated carbocycles. The molecule has 2 amide bonds. The summed E-state index contributed by atoms with van der Waals surface area (Å²) in [5.74, 6) is -0.0696. The lowest BCUT2D eigenvalue weighted by Gasteiger charge is -2.30. The van der Waals surface area contributed by atoms with Crippen LogP contribution in [0.1, 0.15) is 19.3 Å². The third kappa shape index (κ3) is 5.77. The number of rotatable bonds is 7. The third-order valence-electron chi connectivity index (χ3n) is 4.84. The summed E-state index contributed by atoms with van der Waals surface area (Å²) < 4.78 is 4.81. The Morgan fingerprint density at radius 2 is 2.00 bits per heavy atom. The quantitative estimate of drug-likeness (QED) is 0.549. The number of methoxy groups -OCH3 is 1. The van der Waals surface area contributed by atoms with Crippen LogP contribution >= 0.6 is 11.3 Å². The van der Waals surface area contributed by atoms with Crippen molar-refractivity contribution in [1.29, 1.82) is 0 Å². The van der Waals surface area contributed by atoms with Gasteiger partial charge in [-0.05, 0) is 44.5 Å². The van der Waals surface area contributed by atoms with E-state index in [1.807, 2.05) is 30.3 Å². The first-order chi connectivity index (χ1) is 13.7. The maximum atomic E-state index is 12.0. The van der Waals surface area contributed by atoms with E-state index in [2.05, 4.69) is 20.5 Å². The van der Waals surface area contributed by atoms with Crippen molar-refractivity contribution in [2.75, 3.05) is 38.6 Å². The van der Waals surface area contributed by atoms with Crippen molar-refractivity contribution in [3.63, 3.8) is 0 Å². The molecule has 0 bridgehead atoms. The molecule has 2 N–H and O–H groups in total. The molecule has 1 aliphatic rings. The lowest BCUT2D eigenvalue weighted by molar-refractivity contribution is -0.147. The number of nitrogens with zero attached hydrogens (tertiary/aromatic N) is 2. The summed E-state index contributed by atoms with van der Waals surface area (Å²) in [4.78, 5) is 31.2. The number of likely N-dealkylation sites (tertiary alicyclic amines) is 1. The van der Waals surface area contributed by atoms with Gasteiger partial charge in [0.1, 0.15) is 0 Å². The molecule has 0 radical (unpaired) electrons. The van der Waals surface area contributed by atoms with E-state index in [1.54, 1.807) is 6.20 Å². The topological polar surface area (TPSA) is 83.6 Å². The zero-order chi connectivity index (χ0) is 19.8. The molecule has 3 rings (SSSR count). The number of carbonyl (C=O) groups is 2. The van der Waals surface area contributed by atoms with Gasteiger partial charge in [-0.25, -0.2) is 9.78 Å². The molecule has 0 spiro atoms. The Morgan fingerprint density at radius 1 is 1.25 bits per heavy atom. The minimum Gasteiger partial charge on any atom is -0.469 e. The van der Waals surface area contributed by atoms with Gasteiger partial charge in [-0.2, -0.15) is 0 Å². The van der Waals surface area contributed by atoms with E-state index in [9.17, 15) is 9.59 Å². The number of nitrogens with one attached hydrogen (secondary N) is 2. The van der Waals surface area contributed by atoms with Crippen LogP contribution in [0.5, 0.6) is 0 Å². The summed E-state index contributed by atoms with van der Waals surface area (Å²) in [6.45, 7) is 3.30. The van der Waals surface area contributed by atoms with Crippen molar-refractivity contribution in [1.82, 2.24) is 15.2 Å². The van der Waals surface area contributed by atoms with E-state index in [1.165, 1.54) is 18.4 Å². The van der Waals surface area contributed by atoms with Gasteiger partial charge < -0.3 is 15.0 Å². The van der Waals surface area contributed by atoms with Crippen molar-refractivity contribution >= 4 is 28.5 Å². The van der Waals surface area contributed by atoms with Crippen LogP contribution in [0.2, 0.25) is 0 Å². The van der Waals surface area contributed by atoms with E-state index in [0.29, 0.717) is 11.7 Å². The molecule has 8 heteroatoms. The summed E-state index contributed by atoms with van der Waals surface area (Å²) in [6, 6.07) is 9.73. The number of hydrogen-bond acceptors (Lipinski definition) is 6. The summed E-state index contributed by atoms with van der Waals surface area (Å²) >= 11 is 1.45. The number of esters is 1. The van der Waals surface area contributed by atoms with Crippen LogP contribution in [0, 0.1) is 5.92 Å². The highest BCUT2D eigenvalue weighted by Gasteiger charge is 2.25. The number of carbonyl (C=O) groups excluding carboxylic acids is 2. The van der Waals surface area contributed by atoms with Crippen LogP contribution in [-0.2, 0) is 9.53 Å². The number of amides is 2. The average molecular weight is 403 g/mol. The van der Waals surface area contributed by atoms with E-state index in [-0.39, 0.29) is 17.9 Å². The first kappa shape index (κ1) is 20.3. The van der Waals surface area contributed by atoms with Crippen LogP contribution in [0.4, 0.5) is 9.93 Å². The maximum absolute atomic E-state index is 12.0. The fourth-order valence-corrected chi connectivity index (χ4v) is 4.09. The Kier molecular flexibility index (Phi) is 7.39. The average Bonchev–Trinajstić information content (AvgIpc) is 3.20. The van der Waals surface area contributed by atoms with Gasteiger partial charge in [0.2, 0.25) is 0 Å². The lowest BCUT2D eigenvalue weighted by Crippen LogP contribution is -2.38. The number of anilines is 1. The molecule has 1 aromatic carbocycles. The van der Waals surface area contributed by atoms with Crippen molar-refractivity contribution < 1.29 is 14.3 Å². The highest BCUT2D eigenvalue weighted by atomic mass is 32.1. The van der Waals surface area contributed by atoms with Crippen LogP contribution < -0.4 is 10.6 Å². The van der Waals surface area contributed by atoms with E-state index < -0.39 is 0 Å². The number of piperidine rings is 1. The van der Waals surface area contributed by atoms with Crippen molar-refractivity contribution in [2.24, 2.45) is 5.92 Å². The summed E-state index contributed by atoms with van der Waals surface area (Å²) in [7, 11) is 1.44. The monoisotopic (exact) mass is 402 g/mol. The largest absolute Gasteiger partial charge is 0.469 e. The molecule has 0 atom stereocenters. The zero-order valence-electron chi connectivity index (χ0n) is 16.0. The molecule has 1 saturated heterocycles. The predicted octanol–water partition coefficient (Wildman–Crippen LogP) is 3.21. The smallest absolute Gasteiger partial charge is 0.321 e. The van der Waals surface area contributed by atoms with Gasteiger partial charge in [0.15, 0.2) is 5.13 Å². The zero-order valence-corrected chi connectivity index (χ0v) is 16.8. The Labute approximate surface area is 169 Å². The number of hydrogen-bond donors (Lipinski definition) is 2. The molecule has 0 unspecified atom stereocenters. The molecular formula is C20H26N4O3S. The number of aromatic nitrogens is 1. The lowest BCUT2D eigenvalue weighted by atomic mass is 9.97. The number of ether oxygens (including phenoxy) is 1. The normalized spacial score (nSPS) is 15.2. The molecule has 1 aromatic heterocycles. The SMILES string of the molecule is COC(=O)C1CCN(CCCNC(=O)Nc2ncc(-c3ccccc3)s2)CC1. The van der Waals surface area contributed by atoms with Crippen LogP contribution in [-0.4, -0.2) is 55.2 Å². The van der Waals surface area contributed by atoms with Gasteiger partial charge in [0.25, 0.3) is 0 Å². The maximum Gasteiger partial charge on any atom is 0.321 e. The van der Waals surface area contributed by atoms with E-state index in [0.717, 1.165) is 49.3 Å². The second-order valence-electron chi connectivity index (χ2n) is 6.77. The number of thiazole rings is 1. The van der Waals surface area contributed by atoms with E-state index >= 15 is 0 Å². The van der Waals surface area contributed by atoms with Crippen molar-refractivity contribution in [3.8, 4) is 10.4 Å². The van der Waals surface area contributed by atoms with Crippen LogP contribution in [0.15, 0.2) is 36.5 Å². The van der Waals surface area contributed by atoms with E-state index in [4.69, 9.17) is 4.74 Å². The van der Waals surface area contributed by atoms with Crippen LogP contribution in [0.25, 0.3) is 10.4 Å². The summed E-state index contributed by atoms with van der Waals surface area (Å²) in [5, 5.41) is 6.24. The summed E-state index contributed by atoms with van der Waals surface area (Å²) in [6.07, 6.45) is 4.32. The van der Waals surface area contributed by atoms with Gasteiger partial charge in [-0.1, -0.05) is 41.7 Å². The molecule has 2 heterocycles. The highest BCUT2D eigenvalue weighted by Crippen LogP contribution is 2.28. The van der Waals surface area contributed by atoms with Crippen molar-refractivity contribution in [3.05, 3.63) is 36.5 Å². The number of urea groups is 1. The second kappa shape index (κ2) is 10.2. The molecule has 150 valence electrons. The minimum absolute atomic E-state index is 0.0317.